The van der Waals surface area contributed by atoms with E-state index in [1.807, 2.05) is 6.20 Å². The van der Waals surface area contributed by atoms with Crippen molar-refractivity contribution in [1.29, 1.82) is 0 Å². The lowest BCUT2D eigenvalue weighted by Gasteiger charge is -2.09. The third-order valence-corrected chi connectivity index (χ3v) is 3.31. The second-order valence-electron chi connectivity index (χ2n) is 4.70. The fourth-order valence-electron chi connectivity index (χ4n) is 2.41. The van der Waals surface area contributed by atoms with Crippen molar-refractivity contribution < 1.29 is 0 Å². The summed E-state index contributed by atoms with van der Waals surface area (Å²) in [5, 5.41) is 2.45. The van der Waals surface area contributed by atoms with Crippen molar-refractivity contribution in [2.75, 3.05) is 0 Å². The molecule has 0 atom stereocenters. The van der Waals surface area contributed by atoms with Crippen LogP contribution in [0.4, 0.5) is 0 Å². The highest BCUT2D eigenvalue weighted by molar-refractivity contribution is 5.95. The molecule has 88 valence electrons. The van der Waals surface area contributed by atoms with Gasteiger partial charge in [-0.2, -0.15) is 0 Å². The lowest BCUT2D eigenvalue weighted by molar-refractivity contribution is 1.32. The standard InChI is InChI=1S/C17H15N/c1-12-7-8-15(13(2)11-12)17-16-6-4-3-5-14(16)9-10-18-17/h3-11H,1-2H3. The number of rotatable bonds is 1. The maximum absolute atomic E-state index is 4.57. The summed E-state index contributed by atoms with van der Waals surface area (Å²) in [7, 11) is 0. The molecular weight excluding hydrogens is 218 g/mol. The molecule has 0 aliphatic carbocycles. The van der Waals surface area contributed by atoms with Crippen LogP contribution >= 0.6 is 0 Å². The van der Waals surface area contributed by atoms with Gasteiger partial charge in [0.15, 0.2) is 0 Å². The summed E-state index contributed by atoms with van der Waals surface area (Å²) in [6.45, 7) is 4.26. The van der Waals surface area contributed by atoms with Crippen molar-refractivity contribution in [2.24, 2.45) is 0 Å². The average Bonchev–Trinajstić information content (AvgIpc) is 2.38. The van der Waals surface area contributed by atoms with Crippen LogP contribution in [-0.4, -0.2) is 4.98 Å². The molecule has 1 heterocycles. The molecule has 0 saturated carbocycles. The third kappa shape index (κ3) is 1.78. The number of benzene rings is 2. The number of pyridine rings is 1. The van der Waals surface area contributed by atoms with Crippen LogP contribution in [0.2, 0.25) is 0 Å². The molecule has 2 aromatic carbocycles. The predicted molar refractivity (Wildman–Crippen MR) is 76.7 cm³/mol. The molecule has 0 radical (unpaired) electrons. The molecule has 0 aliphatic rings. The van der Waals surface area contributed by atoms with Gasteiger partial charge in [-0.3, -0.25) is 4.98 Å². The summed E-state index contributed by atoms with van der Waals surface area (Å²) in [4.78, 5) is 4.57. The van der Waals surface area contributed by atoms with Crippen LogP contribution in [-0.2, 0) is 0 Å². The minimum atomic E-state index is 1.07. The lowest BCUT2D eigenvalue weighted by atomic mass is 9.99. The summed E-state index contributed by atoms with van der Waals surface area (Å²) in [6, 6.07) is 17.0. The highest BCUT2D eigenvalue weighted by Gasteiger charge is 2.07. The van der Waals surface area contributed by atoms with E-state index in [2.05, 4.69) is 67.4 Å². The van der Waals surface area contributed by atoms with Gasteiger partial charge in [-0.05, 0) is 30.9 Å². The average molecular weight is 233 g/mol. The third-order valence-electron chi connectivity index (χ3n) is 3.31. The van der Waals surface area contributed by atoms with Crippen molar-refractivity contribution >= 4 is 10.8 Å². The molecule has 0 saturated heterocycles. The van der Waals surface area contributed by atoms with E-state index in [9.17, 15) is 0 Å². The molecule has 3 aromatic rings. The van der Waals surface area contributed by atoms with E-state index in [1.165, 1.54) is 27.5 Å². The number of aromatic nitrogens is 1. The molecule has 1 nitrogen and oxygen atoms in total. The molecule has 0 N–H and O–H groups in total. The Kier molecular flexibility index (Phi) is 2.60. The summed E-state index contributed by atoms with van der Waals surface area (Å²) < 4.78 is 0. The first-order valence-corrected chi connectivity index (χ1v) is 6.17. The molecule has 0 amide bonds. The van der Waals surface area contributed by atoms with E-state index in [4.69, 9.17) is 0 Å². The van der Waals surface area contributed by atoms with Crippen molar-refractivity contribution in [3.05, 3.63) is 65.9 Å². The van der Waals surface area contributed by atoms with E-state index < -0.39 is 0 Å². The number of hydrogen-bond donors (Lipinski definition) is 0. The molecule has 0 unspecified atom stereocenters. The first-order valence-electron chi connectivity index (χ1n) is 6.17. The zero-order valence-electron chi connectivity index (χ0n) is 10.6. The van der Waals surface area contributed by atoms with Crippen molar-refractivity contribution in [2.45, 2.75) is 13.8 Å². The number of nitrogens with zero attached hydrogens (tertiary/aromatic N) is 1. The molecule has 3 rings (SSSR count). The molecular formula is C17H15N. The Labute approximate surface area is 107 Å². The Hall–Kier alpha value is -2.15. The minimum Gasteiger partial charge on any atom is -0.256 e. The van der Waals surface area contributed by atoms with Crippen molar-refractivity contribution in [1.82, 2.24) is 4.98 Å². The van der Waals surface area contributed by atoms with Crippen LogP contribution in [0, 0.1) is 13.8 Å². The predicted octanol–water partition coefficient (Wildman–Crippen LogP) is 4.52. The number of fused-ring (bicyclic) bond motifs is 1. The fourth-order valence-corrected chi connectivity index (χ4v) is 2.41. The van der Waals surface area contributed by atoms with E-state index >= 15 is 0 Å². The van der Waals surface area contributed by atoms with Gasteiger partial charge in [0.2, 0.25) is 0 Å². The summed E-state index contributed by atoms with van der Waals surface area (Å²) in [6.07, 6.45) is 1.89. The summed E-state index contributed by atoms with van der Waals surface area (Å²) in [5.74, 6) is 0. The Bertz CT molecular complexity index is 708. The Morgan fingerprint density at radius 3 is 2.56 bits per heavy atom. The molecule has 0 bridgehead atoms. The minimum absolute atomic E-state index is 1.07. The van der Waals surface area contributed by atoms with Gasteiger partial charge in [0, 0.05) is 17.1 Å². The first-order chi connectivity index (χ1) is 8.75. The summed E-state index contributed by atoms with van der Waals surface area (Å²) in [5.41, 5.74) is 4.86. The van der Waals surface area contributed by atoms with Crippen LogP contribution in [0.3, 0.4) is 0 Å². The van der Waals surface area contributed by atoms with Crippen LogP contribution in [0.15, 0.2) is 54.7 Å². The second-order valence-corrected chi connectivity index (χ2v) is 4.70. The van der Waals surface area contributed by atoms with Crippen LogP contribution in [0.1, 0.15) is 11.1 Å². The smallest absolute Gasteiger partial charge is 0.0782 e. The van der Waals surface area contributed by atoms with E-state index in [0.29, 0.717) is 0 Å². The maximum Gasteiger partial charge on any atom is 0.0782 e. The molecule has 0 spiro atoms. The monoisotopic (exact) mass is 233 g/mol. The van der Waals surface area contributed by atoms with Gasteiger partial charge < -0.3 is 0 Å². The van der Waals surface area contributed by atoms with Gasteiger partial charge in [-0.1, -0.05) is 48.0 Å². The normalized spacial score (nSPS) is 10.8. The largest absolute Gasteiger partial charge is 0.256 e. The van der Waals surface area contributed by atoms with Gasteiger partial charge in [0.25, 0.3) is 0 Å². The highest BCUT2D eigenvalue weighted by Crippen LogP contribution is 2.28. The second kappa shape index (κ2) is 4.26. The number of aryl methyl sites for hydroxylation is 2. The van der Waals surface area contributed by atoms with Crippen LogP contribution in [0.5, 0.6) is 0 Å². The van der Waals surface area contributed by atoms with E-state index in [-0.39, 0.29) is 0 Å². The van der Waals surface area contributed by atoms with Crippen molar-refractivity contribution in [3.63, 3.8) is 0 Å². The zero-order valence-corrected chi connectivity index (χ0v) is 10.6. The lowest BCUT2D eigenvalue weighted by Crippen LogP contribution is -1.89. The van der Waals surface area contributed by atoms with Crippen LogP contribution < -0.4 is 0 Å². The Morgan fingerprint density at radius 1 is 0.889 bits per heavy atom. The fraction of sp³-hybridized carbons (Fsp3) is 0.118. The molecule has 18 heavy (non-hydrogen) atoms. The first kappa shape index (κ1) is 11.0. The summed E-state index contributed by atoms with van der Waals surface area (Å²) >= 11 is 0. The quantitative estimate of drug-likeness (QED) is 0.602. The highest BCUT2D eigenvalue weighted by atomic mass is 14.7. The van der Waals surface area contributed by atoms with E-state index in [1.54, 1.807) is 0 Å². The zero-order chi connectivity index (χ0) is 12.5. The van der Waals surface area contributed by atoms with Gasteiger partial charge in [-0.25, -0.2) is 0 Å². The topological polar surface area (TPSA) is 12.9 Å². The maximum atomic E-state index is 4.57. The van der Waals surface area contributed by atoms with Gasteiger partial charge in [0.05, 0.1) is 5.69 Å². The van der Waals surface area contributed by atoms with Crippen LogP contribution in [0.25, 0.3) is 22.0 Å². The SMILES string of the molecule is Cc1ccc(-c2nccc3ccccc23)c(C)c1. The van der Waals surface area contributed by atoms with Gasteiger partial charge in [-0.15, -0.1) is 0 Å². The molecule has 1 aromatic heterocycles. The van der Waals surface area contributed by atoms with Crippen molar-refractivity contribution in [3.8, 4) is 11.3 Å². The van der Waals surface area contributed by atoms with E-state index in [0.717, 1.165) is 5.69 Å². The van der Waals surface area contributed by atoms with Gasteiger partial charge >= 0.3 is 0 Å². The molecule has 0 aliphatic heterocycles. The molecule has 0 fully saturated rings. The molecule has 1 heteroatoms. The Morgan fingerprint density at radius 2 is 1.72 bits per heavy atom. The van der Waals surface area contributed by atoms with Gasteiger partial charge in [0.1, 0.15) is 0 Å². The number of hydrogen-bond acceptors (Lipinski definition) is 1. The Balaban J connectivity index is 2.31.